The smallest absolute Gasteiger partial charge is 0.275 e. The Kier molecular flexibility index (Phi) is 5.78. The van der Waals surface area contributed by atoms with Crippen molar-refractivity contribution in [1.82, 2.24) is 20.0 Å². The van der Waals surface area contributed by atoms with Crippen LogP contribution >= 0.6 is 0 Å². The molecule has 1 aromatic heterocycles. The van der Waals surface area contributed by atoms with Gasteiger partial charge in [-0.25, -0.2) is 0 Å². The second-order valence-corrected chi connectivity index (χ2v) is 6.07. The first kappa shape index (κ1) is 17.6. The molecule has 1 fully saturated rings. The van der Waals surface area contributed by atoms with Crippen LogP contribution < -0.4 is 10.7 Å². The van der Waals surface area contributed by atoms with Crippen LogP contribution in [-0.2, 0) is 11.3 Å². The van der Waals surface area contributed by atoms with Gasteiger partial charge in [-0.05, 0) is 32.0 Å². The molecule has 0 spiro atoms. The van der Waals surface area contributed by atoms with E-state index in [1.54, 1.807) is 16.8 Å². The molecule has 0 unspecified atom stereocenters. The lowest BCUT2D eigenvalue weighted by Crippen LogP contribution is -2.38. The van der Waals surface area contributed by atoms with Gasteiger partial charge in [0.1, 0.15) is 0 Å². The van der Waals surface area contributed by atoms with Crippen molar-refractivity contribution in [3.8, 4) is 0 Å². The van der Waals surface area contributed by atoms with E-state index in [4.69, 9.17) is 4.74 Å². The molecule has 1 amide bonds. The number of nitrogens with one attached hydrogen (secondary N) is 1. The minimum absolute atomic E-state index is 0.0353. The predicted molar refractivity (Wildman–Crippen MR) is 95.9 cm³/mol. The molecule has 7 nitrogen and oxygen atoms in total. The summed E-state index contributed by atoms with van der Waals surface area (Å²) >= 11 is 0. The van der Waals surface area contributed by atoms with Crippen molar-refractivity contribution < 1.29 is 9.53 Å². The van der Waals surface area contributed by atoms with Gasteiger partial charge in [0.25, 0.3) is 5.91 Å². The quantitative estimate of drug-likeness (QED) is 0.787. The molecule has 1 saturated heterocycles. The number of carbonyl (C=O) groups is 1. The van der Waals surface area contributed by atoms with E-state index in [0.717, 1.165) is 44.8 Å². The maximum atomic E-state index is 12.6. The fourth-order valence-corrected chi connectivity index (χ4v) is 3.04. The van der Waals surface area contributed by atoms with E-state index in [0.29, 0.717) is 18.5 Å². The molecule has 25 heavy (non-hydrogen) atoms. The van der Waals surface area contributed by atoms with Crippen LogP contribution in [0.1, 0.15) is 23.8 Å². The lowest BCUT2D eigenvalue weighted by molar-refractivity contribution is 0.0374. The maximum Gasteiger partial charge on any atom is 0.275 e. The van der Waals surface area contributed by atoms with E-state index in [9.17, 15) is 9.59 Å². The Bertz CT molecular complexity index is 796. The van der Waals surface area contributed by atoms with Crippen LogP contribution in [-0.4, -0.2) is 60.0 Å². The van der Waals surface area contributed by atoms with Crippen molar-refractivity contribution >= 4 is 16.8 Å². The number of hydrogen-bond acceptors (Lipinski definition) is 5. The number of rotatable bonds is 6. The summed E-state index contributed by atoms with van der Waals surface area (Å²) in [6.45, 7) is 7.37. The molecular formula is C18H24N4O3. The highest BCUT2D eigenvalue weighted by Crippen LogP contribution is 2.09. The third-order valence-electron chi connectivity index (χ3n) is 4.42. The first-order valence-electron chi connectivity index (χ1n) is 8.79. The third kappa shape index (κ3) is 4.05. The minimum atomic E-state index is -0.403. The van der Waals surface area contributed by atoms with E-state index < -0.39 is 5.91 Å². The highest BCUT2D eigenvalue weighted by Gasteiger charge is 2.17. The number of fused-ring (bicyclic) bond motifs is 1. The zero-order valence-corrected chi connectivity index (χ0v) is 14.5. The Morgan fingerprint density at radius 2 is 2.04 bits per heavy atom. The summed E-state index contributed by atoms with van der Waals surface area (Å²) in [6, 6.07) is 7.24. The summed E-state index contributed by atoms with van der Waals surface area (Å²) in [7, 11) is 0. The van der Waals surface area contributed by atoms with Gasteiger partial charge in [0.05, 0.1) is 18.7 Å². The summed E-state index contributed by atoms with van der Waals surface area (Å²) in [5, 5.41) is 7.60. The molecule has 0 bridgehead atoms. The Morgan fingerprint density at radius 1 is 1.28 bits per heavy atom. The molecule has 0 atom stereocenters. The predicted octanol–water partition coefficient (Wildman–Crippen LogP) is 0.869. The van der Waals surface area contributed by atoms with Gasteiger partial charge in [0.15, 0.2) is 5.69 Å². The van der Waals surface area contributed by atoms with E-state index in [2.05, 4.69) is 15.3 Å². The number of amides is 1. The number of ether oxygens (including phenoxy) is 1. The molecular weight excluding hydrogens is 320 g/mol. The minimum Gasteiger partial charge on any atom is -0.379 e. The largest absolute Gasteiger partial charge is 0.379 e. The van der Waals surface area contributed by atoms with Crippen LogP contribution in [0.4, 0.5) is 0 Å². The normalized spacial score (nSPS) is 15.4. The number of hydrogen-bond donors (Lipinski definition) is 1. The van der Waals surface area contributed by atoms with Gasteiger partial charge >= 0.3 is 0 Å². The molecule has 1 aliphatic rings. The molecule has 134 valence electrons. The topological polar surface area (TPSA) is 76.5 Å². The van der Waals surface area contributed by atoms with Crippen molar-refractivity contribution in [2.24, 2.45) is 0 Å². The van der Waals surface area contributed by atoms with Crippen LogP contribution in [0.25, 0.3) is 10.9 Å². The monoisotopic (exact) mass is 344 g/mol. The highest BCUT2D eigenvalue weighted by molar-refractivity contribution is 5.95. The Morgan fingerprint density at radius 3 is 2.80 bits per heavy atom. The molecule has 0 aliphatic carbocycles. The standard InChI is InChI=1S/C18H24N4O3/c1-2-22-15-7-4-3-6-14(15)17(23)16(20-22)18(24)19-8-5-9-21-10-12-25-13-11-21/h3-4,6-7H,2,5,8-13H2,1H3,(H,19,24). The van der Waals surface area contributed by atoms with Crippen molar-refractivity contribution in [3.63, 3.8) is 0 Å². The zero-order chi connectivity index (χ0) is 17.6. The summed E-state index contributed by atoms with van der Waals surface area (Å²) in [6.07, 6.45) is 0.835. The SMILES string of the molecule is CCn1nc(C(=O)NCCCN2CCOCC2)c(=O)c2ccccc21. The van der Waals surface area contributed by atoms with E-state index in [-0.39, 0.29) is 11.1 Å². The van der Waals surface area contributed by atoms with Crippen LogP contribution in [0.3, 0.4) is 0 Å². The summed E-state index contributed by atoms with van der Waals surface area (Å²) in [5.41, 5.74) is 0.400. The molecule has 2 aromatic rings. The van der Waals surface area contributed by atoms with Crippen molar-refractivity contribution in [2.45, 2.75) is 19.9 Å². The fourth-order valence-electron chi connectivity index (χ4n) is 3.04. The first-order valence-corrected chi connectivity index (χ1v) is 8.79. The van der Waals surface area contributed by atoms with Gasteiger partial charge < -0.3 is 10.1 Å². The van der Waals surface area contributed by atoms with Crippen LogP contribution in [0.15, 0.2) is 29.1 Å². The van der Waals surface area contributed by atoms with Gasteiger partial charge in [-0.15, -0.1) is 0 Å². The summed E-state index contributed by atoms with van der Waals surface area (Å²) in [5.74, 6) is -0.403. The lowest BCUT2D eigenvalue weighted by Gasteiger charge is -2.26. The zero-order valence-electron chi connectivity index (χ0n) is 14.5. The molecule has 7 heteroatoms. The Balaban J connectivity index is 1.65. The van der Waals surface area contributed by atoms with Crippen molar-refractivity contribution in [3.05, 3.63) is 40.2 Å². The third-order valence-corrected chi connectivity index (χ3v) is 4.42. The van der Waals surface area contributed by atoms with Gasteiger partial charge in [-0.3, -0.25) is 19.2 Å². The molecule has 1 N–H and O–H groups in total. The number of aromatic nitrogens is 2. The lowest BCUT2D eigenvalue weighted by atomic mass is 10.2. The number of nitrogens with zero attached hydrogens (tertiary/aromatic N) is 3. The molecule has 2 heterocycles. The second kappa shape index (κ2) is 8.22. The summed E-state index contributed by atoms with van der Waals surface area (Å²) < 4.78 is 7.01. The number of morpholine rings is 1. The maximum absolute atomic E-state index is 12.6. The fraction of sp³-hybridized carbons (Fsp3) is 0.500. The second-order valence-electron chi connectivity index (χ2n) is 6.07. The van der Waals surface area contributed by atoms with Crippen LogP contribution in [0.2, 0.25) is 0 Å². The number of carbonyl (C=O) groups excluding carboxylic acids is 1. The number of aryl methyl sites for hydroxylation is 1. The van der Waals surface area contributed by atoms with E-state index in [1.165, 1.54) is 0 Å². The number of benzene rings is 1. The van der Waals surface area contributed by atoms with Gasteiger partial charge in [0.2, 0.25) is 5.43 Å². The van der Waals surface area contributed by atoms with Gasteiger partial charge in [0, 0.05) is 31.6 Å². The van der Waals surface area contributed by atoms with Crippen LogP contribution in [0.5, 0.6) is 0 Å². The first-order chi connectivity index (χ1) is 12.2. The average Bonchev–Trinajstić information content (AvgIpc) is 2.66. The Hall–Kier alpha value is -2.25. The van der Waals surface area contributed by atoms with E-state index >= 15 is 0 Å². The van der Waals surface area contributed by atoms with Gasteiger partial charge in [-0.2, -0.15) is 5.10 Å². The van der Waals surface area contributed by atoms with Crippen LogP contribution in [0, 0.1) is 0 Å². The highest BCUT2D eigenvalue weighted by atomic mass is 16.5. The molecule has 0 saturated carbocycles. The average molecular weight is 344 g/mol. The van der Waals surface area contributed by atoms with Gasteiger partial charge in [-0.1, -0.05) is 12.1 Å². The van der Waals surface area contributed by atoms with Crippen molar-refractivity contribution in [1.29, 1.82) is 0 Å². The number of para-hydroxylation sites is 1. The summed E-state index contributed by atoms with van der Waals surface area (Å²) in [4.78, 5) is 27.3. The van der Waals surface area contributed by atoms with E-state index in [1.807, 2.05) is 19.1 Å². The molecule has 3 rings (SSSR count). The molecule has 1 aliphatic heterocycles. The van der Waals surface area contributed by atoms with Crippen molar-refractivity contribution in [2.75, 3.05) is 39.4 Å². The Labute approximate surface area is 146 Å². The molecule has 0 radical (unpaired) electrons. The molecule has 1 aromatic carbocycles.